The van der Waals surface area contributed by atoms with Gasteiger partial charge >= 0.3 is 0 Å². The molecule has 29 heavy (non-hydrogen) atoms. The van der Waals surface area contributed by atoms with Gasteiger partial charge in [0.05, 0.1) is 0 Å². The summed E-state index contributed by atoms with van der Waals surface area (Å²) in [5.41, 5.74) is 3.19. The van der Waals surface area contributed by atoms with Crippen LogP contribution < -0.4 is 10.6 Å². The molecule has 2 N–H and O–H groups in total. The van der Waals surface area contributed by atoms with Crippen molar-refractivity contribution in [1.29, 1.82) is 0 Å². The first-order chi connectivity index (χ1) is 14.0. The summed E-state index contributed by atoms with van der Waals surface area (Å²) in [5, 5.41) is 22.0. The predicted octanol–water partition coefficient (Wildman–Crippen LogP) is 2.76. The number of hydrogen-bond donors (Lipinski definition) is 2. The van der Waals surface area contributed by atoms with Gasteiger partial charge in [-0.3, -0.25) is 9.59 Å². The fourth-order valence-electron chi connectivity index (χ4n) is 2.58. The van der Waals surface area contributed by atoms with Gasteiger partial charge in [0.25, 0.3) is 0 Å². The minimum atomic E-state index is -0.386. The number of carbonyl (C=O) groups is 2. The first-order valence-electron chi connectivity index (χ1n) is 9.36. The van der Waals surface area contributed by atoms with Crippen LogP contribution in [0.2, 0.25) is 0 Å². The van der Waals surface area contributed by atoms with Crippen LogP contribution in [0.15, 0.2) is 48.5 Å². The predicted molar refractivity (Wildman–Crippen MR) is 110 cm³/mol. The third kappa shape index (κ3) is 5.65. The molecule has 8 nitrogen and oxygen atoms in total. The van der Waals surface area contributed by atoms with E-state index in [4.69, 9.17) is 0 Å². The highest BCUT2D eigenvalue weighted by molar-refractivity contribution is 6.03. The Kier molecular flexibility index (Phi) is 6.57. The van der Waals surface area contributed by atoms with Crippen molar-refractivity contribution in [2.24, 2.45) is 0 Å². The average Bonchev–Trinajstić information content (AvgIpc) is 2.73. The van der Waals surface area contributed by atoms with Gasteiger partial charge in [0.15, 0.2) is 0 Å². The molecule has 0 bridgehead atoms. The normalized spacial score (nSPS) is 10.4. The molecule has 148 valence electrons. The third-order valence-corrected chi connectivity index (χ3v) is 4.09. The topological polar surface area (TPSA) is 110 Å². The lowest BCUT2D eigenvalue weighted by molar-refractivity contribution is -0.126. The summed E-state index contributed by atoms with van der Waals surface area (Å²) in [6, 6.07) is 14.8. The lowest BCUT2D eigenvalue weighted by Gasteiger charge is -2.07. The van der Waals surface area contributed by atoms with E-state index in [1.807, 2.05) is 38.1 Å². The number of aryl methyl sites for hydroxylation is 1. The summed E-state index contributed by atoms with van der Waals surface area (Å²) in [5.74, 6) is 0.0977. The number of amides is 2. The Morgan fingerprint density at radius 2 is 1.52 bits per heavy atom. The molecule has 1 heterocycles. The third-order valence-electron chi connectivity index (χ3n) is 4.09. The highest BCUT2D eigenvalue weighted by atomic mass is 16.2. The molecule has 2 aromatic carbocycles. The van der Waals surface area contributed by atoms with E-state index in [0.29, 0.717) is 29.4 Å². The standard InChI is InChI=1S/C21H22N6O2/c1-3-11-22-18(28)13-19(29)23-17-6-4-5-16(12-17)21-26-24-20(25-27-21)15-9-7-14(2)8-10-15/h4-10,12H,3,11,13H2,1-2H3,(H,22,28)(H,23,29). The molecule has 1 aromatic heterocycles. The van der Waals surface area contributed by atoms with Gasteiger partial charge in [-0.2, -0.15) is 0 Å². The van der Waals surface area contributed by atoms with Crippen LogP contribution in [0.5, 0.6) is 0 Å². The van der Waals surface area contributed by atoms with Crippen molar-refractivity contribution in [1.82, 2.24) is 25.7 Å². The molecule has 0 atom stereocenters. The number of hydrogen-bond acceptors (Lipinski definition) is 6. The van der Waals surface area contributed by atoms with Crippen LogP contribution in [0.4, 0.5) is 5.69 Å². The molecule has 0 radical (unpaired) electrons. The number of anilines is 1. The molecule has 8 heteroatoms. The van der Waals surface area contributed by atoms with Crippen LogP contribution in [0.25, 0.3) is 22.8 Å². The van der Waals surface area contributed by atoms with E-state index in [0.717, 1.165) is 17.5 Å². The highest BCUT2D eigenvalue weighted by Gasteiger charge is 2.11. The first-order valence-corrected chi connectivity index (χ1v) is 9.36. The van der Waals surface area contributed by atoms with E-state index >= 15 is 0 Å². The molecule has 3 aromatic rings. The second-order valence-corrected chi connectivity index (χ2v) is 6.57. The van der Waals surface area contributed by atoms with Crippen LogP contribution in [0.1, 0.15) is 25.3 Å². The van der Waals surface area contributed by atoms with Gasteiger partial charge in [0.1, 0.15) is 6.42 Å². The molecule has 0 unspecified atom stereocenters. The lowest BCUT2D eigenvalue weighted by atomic mass is 10.1. The molecule has 0 spiro atoms. The van der Waals surface area contributed by atoms with Crippen LogP contribution in [-0.4, -0.2) is 38.8 Å². The smallest absolute Gasteiger partial charge is 0.233 e. The van der Waals surface area contributed by atoms with E-state index in [-0.39, 0.29) is 18.2 Å². The van der Waals surface area contributed by atoms with Crippen LogP contribution in [-0.2, 0) is 9.59 Å². The van der Waals surface area contributed by atoms with E-state index in [1.54, 1.807) is 24.3 Å². The minimum Gasteiger partial charge on any atom is -0.356 e. The molecule has 0 saturated carbocycles. The molecule has 3 rings (SSSR count). The van der Waals surface area contributed by atoms with Crippen molar-refractivity contribution in [3.63, 3.8) is 0 Å². The highest BCUT2D eigenvalue weighted by Crippen LogP contribution is 2.20. The van der Waals surface area contributed by atoms with E-state index in [9.17, 15) is 9.59 Å². The Balaban J connectivity index is 1.68. The van der Waals surface area contributed by atoms with Gasteiger partial charge in [-0.05, 0) is 25.5 Å². The second-order valence-electron chi connectivity index (χ2n) is 6.57. The summed E-state index contributed by atoms with van der Waals surface area (Å²) in [6.45, 7) is 4.51. The number of aromatic nitrogens is 4. The SMILES string of the molecule is CCCNC(=O)CC(=O)Nc1cccc(-c2nnc(-c3ccc(C)cc3)nn2)c1. The molecule has 0 fully saturated rings. The molecule has 0 aliphatic carbocycles. The number of rotatable bonds is 7. The maximum absolute atomic E-state index is 12.0. The zero-order valence-corrected chi connectivity index (χ0v) is 16.3. The molecular formula is C21H22N6O2. The van der Waals surface area contributed by atoms with Crippen molar-refractivity contribution < 1.29 is 9.59 Å². The molecular weight excluding hydrogens is 368 g/mol. The molecule has 0 saturated heterocycles. The van der Waals surface area contributed by atoms with Gasteiger partial charge in [0, 0.05) is 23.4 Å². The van der Waals surface area contributed by atoms with E-state index < -0.39 is 0 Å². The Morgan fingerprint density at radius 3 is 2.17 bits per heavy atom. The van der Waals surface area contributed by atoms with Crippen molar-refractivity contribution in [2.75, 3.05) is 11.9 Å². The average molecular weight is 390 g/mol. The fourth-order valence-corrected chi connectivity index (χ4v) is 2.58. The number of nitrogens with zero attached hydrogens (tertiary/aromatic N) is 4. The fraction of sp³-hybridized carbons (Fsp3) is 0.238. The molecule has 2 amide bonds. The Morgan fingerprint density at radius 1 is 0.862 bits per heavy atom. The number of benzene rings is 2. The molecule has 0 aliphatic heterocycles. The van der Waals surface area contributed by atoms with Crippen molar-refractivity contribution in [2.45, 2.75) is 26.7 Å². The Labute approximate surface area is 168 Å². The van der Waals surface area contributed by atoms with E-state index in [2.05, 4.69) is 31.0 Å². The lowest BCUT2D eigenvalue weighted by Crippen LogP contribution is -2.28. The van der Waals surface area contributed by atoms with Crippen molar-refractivity contribution >= 4 is 17.5 Å². The summed E-state index contributed by atoms with van der Waals surface area (Å²) in [6.07, 6.45) is 0.593. The van der Waals surface area contributed by atoms with E-state index in [1.165, 1.54) is 0 Å². The van der Waals surface area contributed by atoms with Gasteiger partial charge in [0.2, 0.25) is 23.5 Å². The zero-order valence-electron chi connectivity index (χ0n) is 16.3. The zero-order chi connectivity index (χ0) is 20.6. The summed E-state index contributed by atoms with van der Waals surface area (Å²) >= 11 is 0. The van der Waals surface area contributed by atoms with Crippen molar-refractivity contribution in [3.8, 4) is 22.8 Å². The van der Waals surface area contributed by atoms with Crippen LogP contribution >= 0.6 is 0 Å². The number of nitrogens with one attached hydrogen (secondary N) is 2. The van der Waals surface area contributed by atoms with Crippen LogP contribution in [0, 0.1) is 6.92 Å². The minimum absolute atomic E-state index is 0.227. The first kappa shape index (κ1) is 20.1. The molecule has 0 aliphatic rings. The summed E-state index contributed by atoms with van der Waals surface area (Å²) in [7, 11) is 0. The maximum Gasteiger partial charge on any atom is 0.233 e. The number of carbonyl (C=O) groups excluding carboxylic acids is 2. The quantitative estimate of drug-likeness (QED) is 0.600. The van der Waals surface area contributed by atoms with Gasteiger partial charge < -0.3 is 10.6 Å². The second kappa shape index (κ2) is 9.50. The Hall–Kier alpha value is -3.68. The van der Waals surface area contributed by atoms with Crippen LogP contribution in [0.3, 0.4) is 0 Å². The monoisotopic (exact) mass is 390 g/mol. The van der Waals surface area contributed by atoms with Gasteiger partial charge in [-0.1, -0.05) is 48.9 Å². The maximum atomic E-state index is 12.0. The van der Waals surface area contributed by atoms with Crippen molar-refractivity contribution in [3.05, 3.63) is 54.1 Å². The largest absolute Gasteiger partial charge is 0.356 e. The van der Waals surface area contributed by atoms with Gasteiger partial charge in [-0.15, -0.1) is 20.4 Å². The van der Waals surface area contributed by atoms with Gasteiger partial charge in [-0.25, -0.2) is 0 Å². The summed E-state index contributed by atoms with van der Waals surface area (Å²) < 4.78 is 0. The summed E-state index contributed by atoms with van der Waals surface area (Å²) in [4.78, 5) is 23.7. The Bertz CT molecular complexity index is 987.